The normalized spacial score (nSPS) is 10.7. The summed E-state index contributed by atoms with van der Waals surface area (Å²) < 4.78 is 6.40. The topological polar surface area (TPSA) is 73.2 Å². The predicted molar refractivity (Wildman–Crippen MR) is 113 cm³/mol. The zero-order valence-electron chi connectivity index (χ0n) is 15.8. The summed E-state index contributed by atoms with van der Waals surface area (Å²) in [5.41, 5.74) is 1.74. The highest BCUT2D eigenvalue weighted by Crippen LogP contribution is 2.23. The van der Waals surface area contributed by atoms with E-state index in [2.05, 4.69) is 10.4 Å². The Morgan fingerprint density at radius 1 is 1.00 bits per heavy atom. The van der Waals surface area contributed by atoms with Crippen LogP contribution in [0.4, 0.5) is 5.69 Å². The fourth-order valence-electron chi connectivity index (χ4n) is 3.16. The monoisotopic (exact) mass is 385 g/mol. The maximum Gasteiger partial charge on any atom is 0.267 e. The van der Waals surface area contributed by atoms with Gasteiger partial charge in [-0.05, 0) is 29.7 Å². The Kier molecular flexibility index (Phi) is 5.07. The van der Waals surface area contributed by atoms with Crippen LogP contribution < -0.4 is 15.6 Å². The highest BCUT2D eigenvalue weighted by molar-refractivity contribution is 6.01. The van der Waals surface area contributed by atoms with Crippen LogP contribution in [0.2, 0.25) is 0 Å². The number of nitrogens with zero attached hydrogens (tertiary/aromatic N) is 2. The molecule has 4 rings (SSSR count). The van der Waals surface area contributed by atoms with Crippen LogP contribution in [-0.4, -0.2) is 22.8 Å². The molecule has 0 saturated carbocycles. The summed E-state index contributed by atoms with van der Waals surface area (Å²) in [6.45, 7) is -0.181. The molecule has 1 heterocycles. The first-order valence-electron chi connectivity index (χ1n) is 9.14. The van der Waals surface area contributed by atoms with Crippen molar-refractivity contribution in [3.63, 3.8) is 0 Å². The molecule has 0 aliphatic carbocycles. The first kappa shape index (κ1) is 18.4. The Morgan fingerprint density at radius 2 is 1.79 bits per heavy atom. The lowest BCUT2D eigenvalue weighted by Gasteiger charge is -2.10. The second-order valence-corrected chi connectivity index (χ2v) is 6.52. The number of fused-ring (bicyclic) bond motifs is 1. The van der Waals surface area contributed by atoms with Crippen molar-refractivity contribution in [3.05, 3.63) is 89.2 Å². The number of rotatable bonds is 5. The molecule has 0 atom stereocenters. The van der Waals surface area contributed by atoms with Crippen molar-refractivity contribution >= 4 is 22.4 Å². The van der Waals surface area contributed by atoms with Gasteiger partial charge in [0.05, 0.1) is 12.8 Å². The summed E-state index contributed by atoms with van der Waals surface area (Å²) in [5, 5.41) is 9.20. The van der Waals surface area contributed by atoms with Crippen molar-refractivity contribution in [2.45, 2.75) is 6.54 Å². The van der Waals surface area contributed by atoms with Crippen LogP contribution in [-0.2, 0) is 11.3 Å². The van der Waals surface area contributed by atoms with Crippen LogP contribution in [0.25, 0.3) is 22.0 Å². The van der Waals surface area contributed by atoms with E-state index in [1.807, 2.05) is 66.7 Å². The van der Waals surface area contributed by atoms with Gasteiger partial charge in [0.1, 0.15) is 12.3 Å². The SMILES string of the molecule is COc1cccc(-c2ccc(=O)n(CC(=O)Nc3cccc4ccccc34)n2)c1. The molecule has 0 bridgehead atoms. The second kappa shape index (κ2) is 7.98. The number of anilines is 1. The van der Waals surface area contributed by atoms with E-state index in [0.29, 0.717) is 17.1 Å². The number of hydrogen-bond donors (Lipinski definition) is 1. The Morgan fingerprint density at radius 3 is 2.66 bits per heavy atom. The number of aromatic nitrogens is 2. The summed E-state index contributed by atoms with van der Waals surface area (Å²) in [4.78, 5) is 24.8. The molecule has 0 spiro atoms. The summed E-state index contributed by atoms with van der Waals surface area (Å²) in [7, 11) is 1.59. The van der Waals surface area contributed by atoms with E-state index in [1.165, 1.54) is 6.07 Å². The van der Waals surface area contributed by atoms with Gasteiger partial charge < -0.3 is 10.1 Å². The second-order valence-electron chi connectivity index (χ2n) is 6.52. The third kappa shape index (κ3) is 4.01. The van der Waals surface area contributed by atoms with E-state index in [-0.39, 0.29) is 18.0 Å². The molecule has 0 aliphatic heterocycles. The van der Waals surface area contributed by atoms with Crippen molar-refractivity contribution in [3.8, 4) is 17.0 Å². The van der Waals surface area contributed by atoms with E-state index in [1.54, 1.807) is 13.2 Å². The Labute approximate surface area is 167 Å². The van der Waals surface area contributed by atoms with Crippen LogP contribution in [0.3, 0.4) is 0 Å². The van der Waals surface area contributed by atoms with Crippen molar-refractivity contribution < 1.29 is 9.53 Å². The van der Waals surface area contributed by atoms with Crippen molar-refractivity contribution in [2.75, 3.05) is 12.4 Å². The molecule has 6 nitrogen and oxygen atoms in total. The maximum atomic E-state index is 12.6. The number of ether oxygens (including phenoxy) is 1. The molecule has 144 valence electrons. The van der Waals surface area contributed by atoms with E-state index in [0.717, 1.165) is 21.0 Å². The average molecular weight is 385 g/mol. The van der Waals surface area contributed by atoms with Gasteiger partial charge in [0.15, 0.2) is 0 Å². The third-order valence-corrected chi connectivity index (χ3v) is 4.59. The lowest BCUT2D eigenvalue weighted by atomic mass is 10.1. The number of carbonyl (C=O) groups is 1. The number of methoxy groups -OCH3 is 1. The van der Waals surface area contributed by atoms with Gasteiger partial charge in [0.25, 0.3) is 5.56 Å². The number of benzene rings is 3. The van der Waals surface area contributed by atoms with Crippen LogP contribution in [0.15, 0.2) is 83.7 Å². The van der Waals surface area contributed by atoms with Gasteiger partial charge in [-0.25, -0.2) is 4.68 Å². The average Bonchev–Trinajstić information content (AvgIpc) is 2.75. The van der Waals surface area contributed by atoms with Crippen LogP contribution in [0.1, 0.15) is 0 Å². The first-order chi connectivity index (χ1) is 14.1. The van der Waals surface area contributed by atoms with E-state index >= 15 is 0 Å². The van der Waals surface area contributed by atoms with Crippen molar-refractivity contribution in [1.29, 1.82) is 0 Å². The lowest BCUT2D eigenvalue weighted by molar-refractivity contribution is -0.117. The highest BCUT2D eigenvalue weighted by atomic mass is 16.5. The smallest absolute Gasteiger partial charge is 0.267 e. The lowest BCUT2D eigenvalue weighted by Crippen LogP contribution is -2.29. The van der Waals surface area contributed by atoms with Gasteiger partial charge >= 0.3 is 0 Å². The molecule has 3 aromatic carbocycles. The minimum absolute atomic E-state index is 0.181. The fraction of sp³-hybridized carbons (Fsp3) is 0.0870. The summed E-state index contributed by atoms with van der Waals surface area (Å²) in [5.74, 6) is 0.370. The van der Waals surface area contributed by atoms with Gasteiger partial charge in [0.2, 0.25) is 5.91 Å². The highest BCUT2D eigenvalue weighted by Gasteiger charge is 2.10. The first-order valence-corrected chi connectivity index (χ1v) is 9.14. The minimum Gasteiger partial charge on any atom is -0.497 e. The zero-order chi connectivity index (χ0) is 20.2. The molecule has 4 aromatic rings. The van der Waals surface area contributed by atoms with E-state index in [9.17, 15) is 9.59 Å². The summed E-state index contributed by atoms with van der Waals surface area (Å²) in [6, 6.07) is 23.9. The maximum absolute atomic E-state index is 12.6. The molecule has 0 radical (unpaired) electrons. The van der Waals surface area contributed by atoms with Crippen LogP contribution >= 0.6 is 0 Å². The quantitative estimate of drug-likeness (QED) is 0.568. The molecule has 1 N–H and O–H groups in total. The fourth-order valence-corrected chi connectivity index (χ4v) is 3.16. The molecular weight excluding hydrogens is 366 g/mol. The number of hydrogen-bond acceptors (Lipinski definition) is 4. The van der Waals surface area contributed by atoms with Gasteiger partial charge in [-0.3, -0.25) is 9.59 Å². The van der Waals surface area contributed by atoms with Crippen LogP contribution in [0.5, 0.6) is 5.75 Å². The predicted octanol–water partition coefficient (Wildman–Crippen LogP) is 3.71. The van der Waals surface area contributed by atoms with Gasteiger partial charge in [0, 0.05) is 22.7 Å². The molecule has 6 heteroatoms. The number of amides is 1. The number of nitrogens with one attached hydrogen (secondary N) is 1. The minimum atomic E-state index is -0.343. The molecule has 1 aromatic heterocycles. The Balaban J connectivity index is 1.58. The number of carbonyl (C=O) groups excluding carboxylic acids is 1. The zero-order valence-corrected chi connectivity index (χ0v) is 15.8. The standard InChI is InChI=1S/C23H19N3O3/c1-29-18-9-4-8-17(14-18)20-12-13-23(28)26(25-20)15-22(27)24-21-11-5-7-16-6-2-3-10-19(16)21/h2-14H,15H2,1H3,(H,24,27). The summed E-state index contributed by atoms with van der Waals surface area (Å²) in [6.07, 6.45) is 0. The summed E-state index contributed by atoms with van der Waals surface area (Å²) >= 11 is 0. The molecule has 0 unspecified atom stereocenters. The molecule has 0 saturated heterocycles. The van der Waals surface area contributed by atoms with E-state index < -0.39 is 0 Å². The van der Waals surface area contributed by atoms with Gasteiger partial charge in [-0.2, -0.15) is 5.10 Å². The largest absolute Gasteiger partial charge is 0.497 e. The molecule has 29 heavy (non-hydrogen) atoms. The van der Waals surface area contributed by atoms with Crippen molar-refractivity contribution in [2.24, 2.45) is 0 Å². The van der Waals surface area contributed by atoms with Gasteiger partial charge in [-0.15, -0.1) is 0 Å². The van der Waals surface area contributed by atoms with Crippen molar-refractivity contribution in [1.82, 2.24) is 9.78 Å². The van der Waals surface area contributed by atoms with Crippen LogP contribution in [0, 0.1) is 0 Å². The Bertz CT molecular complexity index is 1240. The van der Waals surface area contributed by atoms with E-state index in [4.69, 9.17) is 4.74 Å². The Hall–Kier alpha value is -3.93. The molecular formula is C23H19N3O3. The molecule has 1 amide bonds. The molecule has 0 aliphatic rings. The third-order valence-electron chi connectivity index (χ3n) is 4.59. The van der Waals surface area contributed by atoms with Gasteiger partial charge in [-0.1, -0.05) is 48.5 Å². The molecule has 0 fully saturated rings.